The highest BCUT2D eigenvalue weighted by Gasteiger charge is 2.40. The van der Waals surface area contributed by atoms with Gasteiger partial charge >= 0.3 is 5.97 Å². The third-order valence-electron chi connectivity index (χ3n) is 8.12. The standard InChI is InChI=1S/C32H49N3O5S/c1-20(2)28-32(38)40-25(18-24(6)39-8)17-22(4)13-10-9-12-21(3)16-23(5)30(36)35-15-11-14-27(35)29-33-26(19-41-29)31(37)34(28)7/h9-10,13,16,20-21,24-28H,11-12,14-15,17-19H2,1-8H3/b10-9-,22-13-,23-16-/t21-,24-,25-,26+,27-,28-/m0/s1. The van der Waals surface area contributed by atoms with Crippen LogP contribution in [0, 0.1) is 11.8 Å². The van der Waals surface area contributed by atoms with Gasteiger partial charge in [-0.1, -0.05) is 50.6 Å². The molecule has 9 heteroatoms. The predicted molar refractivity (Wildman–Crippen MR) is 166 cm³/mol. The maximum absolute atomic E-state index is 13.7. The van der Waals surface area contributed by atoms with Crippen molar-refractivity contribution >= 4 is 34.6 Å². The number of fused-ring (bicyclic) bond motifs is 3. The molecular formula is C32H49N3O5S. The molecule has 6 atom stereocenters. The third kappa shape index (κ3) is 8.80. The van der Waals surface area contributed by atoms with Gasteiger partial charge in [-0.2, -0.15) is 0 Å². The van der Waals surface area contributed by atoms with Crippen LogP contribution in [0.25, 0.3) is 0 Å². The summed E-state index contributed by atoms with van der Waals surface area (Å²) in [7, 11) is 3.32. The number of rotatable bonds is 4. The van der Waals surface area contributed by atoms with Gasteiger partial charge < -0.3 is 19.3 Å². The fourth-order valence-corrected chi connectivity index (χ4v) is 7.02. The molecule has 228 valence electrons. The third-order valence-corrected chi connectivity index (χ3v) is 9.28. The second kappa shape index (κ2) is 15.2. The zero-order valence-electron chi connectivity index (χ0n) is 26.1. The molecule has 2 bridgehead atoms. The van der Waals surface area contributed by atoms with Gasteiger partial charge in [0, 0.05) is 44.9 Å². The molecule has 0 radical (unpaired) electrons. The summed E-state index contributed by atoms with van der Waals surface area (Å²) in [4.78, 5) is 48.9. The number of thioether (sulfide) groups is 1. The topological polar surface area (TPSA) is 88.5 Å². The average molecular weight is 588 g/mol. The van der Waals surface area contributed by atoms with Crippen molar-refractivity contribution in [1.29, 1.82) is 0 Å². The fraction of sp³-hybridized carbons (Fsp3) is 0.688. The molecule has 0 spiro atoms. The van der Waals surface area contributed by atoms with Crippen molar-refractivity contribution in [2.45, 2.75) is 104 Å². The van der Waals surface area contributed by atoms with Crippen LogP contribution in [0.3, 0.4) is 0 Å². The Labute approximate surface area is 250 Å². The minimum atomic E-state index is -0.732. The smallest absolute Gasteiger partial charge is 0.329 e. The molecule has 0 aromatic heterocycles. The van der Waals surface area contributed by atoms with Crippen molar-refractivity contribution in [2.24, 2.45) is 16.8 Å². The molecule has 1 saturated heterocycles. The maximum Gasteiger partial charge on any atom is 0.329 e. The number of allylic oxidation sites excluding steroid dienone is 4. The van der Waals surface area contributed by atoms with Crippen LogP contribution in [0.2, 0.25) is 0 Å². The Morgan fingerprint density at radius 3 is 2.61 bits per heavy atom. The highest BCUT2D eigenvalue weighted by molar-refractivity contribution is 8.14. The molecule has 41 heavy (non-hydrogen) atoms. The molecule has 0 N–H and O–H groups in total. The van der Waals surface area contributed by atoms with Gasteiger partial charge in [0.2, 0.25) is 11.8 Å². The number of hydrogen-bond acceptors (Lipinski definition) is 7. The first-order valence-corrected chi connectivity index (χ1v) is 15.9. The lowest BCUT2D eigenvalue weighted by Crippen LogP contribution is -2.50. The van der Waals surface area contributed by atoms with Crippen LogP contribution in [0.4, 0.5) is 0 Å². The van der Waals surface area contributed by atoms with Crippen molar-refractivity contribution < 1.29 is 23.9 Å². The lowest BCUT2D eigenvalue weighted by molar-refractivity contribution is -0.162. The summed E-state index contributed by atoms with van der Waals surface area (Å²) < 4.78 is 11.6. The zero-order chi connectivity index (χ0) is 30.3. The van der Waals surface area contributed by atoms with E-state index in [1.165, 1.54) is 4.90 Å². The van der Waals surface area contributed by atoms with E-state index in [4.69, 9.17) is 14.5 Å². The zero-order valence-corrected chi connectivity index (χ0v) is 26.9. The molecule has 3 rings (SSSR count). The summed E-state index contributed by atoms with van der Waals surface area (Å²) >= 11 is 1.55. The summed E-state index contributed by atoms with van der Waals surface area (Å²) in [5, 5.41) is 0.844. The van der Waals surface area contributed by atoms with E-state index in [0.717, 1.165) is 35.5 Å². The Balaban J connectivity index is 1.96. The number of hydrogen-bond donors (Lipinski definition) is 0. The van der Waals surface area contributed by atoms with Crippen molar-refractivity contribution in [1.82, 2.24) is 9.80 Å². The number of ether oxygens (including phenoxy) is 2. The lowest BCUT2D eigenvalue weighted by atomic mass is 10.0. The summed E-state index contributed by atoms with van der Waals surface area (Å²) in [5.41, 5.74) is 1.83. The molecule has 3 aliphatic heterocycles. The first-order valence-electron chi connectivity index (χ1n) is 14.9. The first-order chi connectivity index (χ1) is 19.4. The van der Waals surface area contributed by atoms with E-state index in [9.17, 15) is 14.4 Å². The maximum atomic E-state index is 13.7. The van der Waals surface area contributed by atoms with Crippen LogP contribution in [0.5, 0.6) is 0 Å². The fourth-order valence-electron chi connectivity index (χ4n) is 5.84. The Kier molecular flexibility index (Phi) is 12.3. The van der Waals surface area contributed by atoms with Gasteiger partial charge in [-0.3, -0.25) is 14.6 Å². The summed E-state index contributed by atoms with van der Waals surface area (Å²) in [5.74, 6) is 0.00930. The van der Waals surface area contributed by atoms with Gasteiger partial charge in [0.05, 0.1) is 17.2 Å². The number of methoxy groups -OCH3 is 1. The Morgan fingerprint density at radius 1 is 1.20 bits per heavy atom. The second-order valence-electron chi connectivity index (χ2n) is 12.1. The van der Waals surface area contributed by atoms with Crippen LogP contribution >= 0.6 is 11.8 Å². The van der Waals surface area contributed by atoms with E-state index in [-0.39, 0.29) is 41.9 Å². The summed E-state index contributed by atoms with van der Waals surface area (Å²) in [6.07, 6.45) is 11.5. The number of esters is 1. The van der Waals surface area contributed by atoms with Gasteiger partial charge in [-0.15, -0.1) is 11.8 Å². The molecule has 3 heterocycles. The molecule has 0 aromatic carbocycles. The summed E-state index contributed by atoms with van der Waals surface area (Å²) in [6.45, 7) is 12.5. The molecule has 2 amide bonds. The van der Waals surface area contributed by atoms with E-state index in [1.807, 2.05) is 51.7 Å². The van der Waals surface area contributed by atoms with Crippen LogP contribution in [-0.2, 0) is 23.9 Å². The Morgan fingerprint density at radius 2 is 1.93 bits per heavy atom. The van der Waals surface area contributed by atoms with E-state index in [2.05, 4.69) is 19.1 Å². The van der Waals surface area contributed by atoms with E-state index < -0.39 is 18.1 Å². The van der Waals surface area contributed by atoms with Gasteiger partial charge in [-0.05, 0) is 51.9 Å². The van der Waals surface area contributed by atoms with Crippen LogP contribution in [0.15, 0.2) is 40.4 Å². The lowest BCUT2D eigenvalue weighted by Gasteiger charge is -2.32. The average Bonchev–Trinajstić information content (AvgIpc) is 3.59. The minimum absolute atomic E-state index is 0.0408. The Hall–Kier alpha value is -2.39. The SMILES string of the molecule is CO[C@@H](C)C[C@@H]1C/C(C)=C\C=C/C[C@H](C)/C=C(/C)C(=O)N2CCC[C@H]2C2=N[C@H](CS2)C(=O)N(C)[C@@H](C(C)C)C(=O)O1. The van der Waals surface area contributed by atoms with Crippen LogP contribution < -0.4 is 0 Å². The number of carbonyl (C=O) groups is 3. The predicted octanol–water partition coefficient (Wildman–Crippen LogP) is 5.19. The normalized spacial score (nSPS) is 33.2. The van der Waals surface area contributed by atoms with Gasteiger partial charge in [0.15, 0.2) is 0 Å². The summed E-state index contributed by atoms with van der Waals surface area (Å²) in [6, 6.07) is -1.42. The van der Waals surface area contributed by atoms with Crippen molar-refractivity contribution in [2.75, 3.05) is 26.5 Å². The molecule has 0 aromatic rings. The number of amides is 2. The van der Waals surface area contributed by atoms with Crippen molar-refractivity contribution in [3.05, 3.63) is 35.5 Å². The van der Waals surface area contributed by atoms with E-state index >= 15 is 0 Å². The molecule has 1 fully saturated rings. The number of carbonyl (C=O) groups excluding carboxylic acids is 3. The highest BCUT2D eigenvalue weighted by atomic mass is 32.2. The molecule has 0 aliphatic carbocycles. The van der Waals surface area contributed by atoms with Crippen molar-refractivity contribution in [3.8, 4) is 0 Å². The molecule has 3 aliphatic rings. The number of likely N-dealkylation sites (N-methyl/N-ethyl adjacent to an activating group) is 1. The minimum Gasteiger partial charge on any atom is -0.460 e. The monoisotopic (exact) mass is 587 g/mol. The van der Waals surface area contributed by atoms with E-state index in [0.29, 0.717) is 25.1 Å². The van der Waals surface area contributed by atoms with Crippen LogP contribution in [-0.4, -0.2) is 89.4 Å². The number of nitrogens with zero attached hydrogens (tertiary/aromatic N) is 3. The highest BCUT2D eigenvalue weighted by Crippen LogP contribution is 2.31. The molecule has 0 saturated carbocycles. The van der Waals surface area contributed by atoms with E-state index in [1.54, 1.807) is 25.9 Å². The number of aliphatic imine (C=N–C) groups is 1. The molecular weight excluding hydrogens is 538 g/mol. The van der Waals surface area contributed by atoms with Gasteiger partial charge in [0.1, 0.15) is 18.2 Å². The van der Waals surface area contributed by atoms with Gasteiger partial charge in [-0.25, -0.2) is 4.79 Å². The Bertz CT molecular complexity index is 1080. The molecule has 8 nitrogen and oxygen atoms in total. The van der Waals surface area contributed by atoms with Gasteiger partial charge in [0.25, 0.3) is 0 Å². The molecule has 0 unspecified atom stereocenters. The first kappa shape index (κ1) is 33.1. The quantitative estimate of drug-likeness (QED) is 0.421. The largest absolute Gasteiger partial charge is 0.460 e. The van der Waals surface area contributed by atoms with Crippen LogP contribution in [0.1, 0.15) is 73.6 Å². The van der Waals surface area contributed by atoms with Crippen molar-refractivity contribution in [3.63, 3.8) is 0 Å². The number of cyclic esters (lactones) is 1. The second-order valence-corrected chi connectivity index (χ2v) is 13.2.